The molecule has 0 bridgehead atoms. The van der Waals surface area contributed by atoms with Crippen LogP contribution in [0.25, 0.3) is 16.9 Å². The van der Waals surface area contributed by atoms with Gasteiger partial charge < -0.3 is 9.72 Å². The lowest BCUT2D eigenvalue weighted by Gasteiger charge is -2.11. The lowest BCUT2D eigenvalue weighted by Crippen LogP contribution is -2.16. The highest BCUT2D eigenvalue weighted by molar-refractivity contribution is 6.05. The van der Waals surface area contributed by atoms with Gasteiger partial charge in [0.2, 0.25) is 0 Å². The molecular weight excluding hydrogens is 360 g/mol. The summed E-state index contributed by atoms with van der Waals surface area (Å²) >= 11 is 0. The first-order valence-corrected chi connectivity index (χ1v) is 8.74. The summed E-state index contributed by atoms with van der Waals surface area (Å²) in [5.74, 6) is -2.63. The molecule has 4 aromatic rings. The van der Waals surface area contributed by atoms with Crippen molar-refractivity contribution in [1.29, 1.82) is 0 Å². The molecule has 2 heterocycles. The molecule has 28 heavy (non-hydrogen) atoms. The van der Waals surface area contributed by atoms with Crippen LogP contribution >= 0.6 is 0 Å². The van der Waals surface area contributed by atoms with Crippen molar-refractivity contribution in [2.24, 2.45) is 0 Å². The van der Waals surface area contributed by atoms with E-state index < -0.39 is 23.1 Å². The largest absolute Gasteiger partial charge is 0.322 e. The molecule has 6 heteroatoms. The third-order valence-electron chi connectivity index (χ3n) is 4.59. The first-order valence-electron chi connectivity index (χ1n) is 8.74. The molecule has 0 spiro atoms. The van der Waals surface area contributed by atoms with Crippen molar-refractivity contribution < 1.29 is 13.6 Å². The van der Waals surface area contributed by atoms with E-state index in [0.29, 0.717) is 5.69 Å². The SMILES string of the molecule is Cc1ccn2cc(-c3ccc(C)c(NC(=O)c4c(F)cccc4F)c3)nc2c1. The fraction of sp³-hybridized carbons (Fsp3) is 0.0909. The summed E-state index contributed by atoms with van der Waals surface area (Å²) in [6.07, 6.45) is 3.82. The van der Waals surface area contributed by atoms with Crippen molar-refractivity contribution >= 4 is 17.2 Å². The summed E-state index contributed by atoms with van der Waals surface area (Å²) in [7, 11) is 0. The lowest BCUT2D eigenvalue weighted by molar-refractivity contribution is 0.101. The number of benzene rings is 2. The van der Waals surface area contributed by atoms with Gasteiger partial charge in [-0.1, -0.05) is 18.2 Å². The molecule has 4 rings (SSSR count). The summed E-state index contributed by atoms with van der Waals surface area (Å²) in [5, 5.41) is 2.61. The molecule has 0 saturated heterocycles. The summed E-state index contributed by atoms with van der Waals surface area (Å²) < 4.78 is 29.7. The zero-order valence-electron chi connectivity index (χ0n) is 15.3. The number of fused-ring (bicyclic) bond motifs is 1. The van der Waals surface area contributed by atoms with E-state index in [4.69, 9.17) is 0 Å². The van der Waals surface area contributed by atoms with Gasteiger partial charge in [-0.05, 0) is 55.3 Å². The van der Waals surface area contributed by atoms with Gasteiger partial charge in [0.1, 0.15) is 22.8 Å². The second kappa shape index (κ2) is 6.88. The van der Waals surface area contributed by atoms with Gasteiger partial charge in [0.25, 0.3) is 5.91 Å². The van der Waals surface area contributed by atoms with E-state index in [1.807, 2.05) is 54.9 Å². The monoisotopic (exact) mass is 377 g/mol. The topological polar surface area (TPSA) is 46.4 Å². The number of aryl methyl sites for hydroxylation is 2. The highest BCUT2D eigenvalue weighted by Gasteiger charge is 2.18. The third kappa shape index (κ3) is 3.24. The van der Waals surface area contributed by atoms with E-state index in [1.165, 1.54) is 6.07 Å². The predicted octanol–water partition coefficient (Wildman–Crippen LogP) is 5.15. The van der Waals surface area contributed by atoms with Gasteiger partial charge in [0, 0.05) is 23.6 Å². The van der Waals surface area contributed by atoms with Crippen molar-refractivity contribution in [2.75, 3.05) is 5.32 Å². The summed E-state index contributed by atoms with van der Waals surface area (Å²) in [5.41, 5.74) is 4.08. The molecule has 0 aliphatic rings. The van der Waals surface area contributed by atoms with Crippen molar-refractivity contribution in [3.8, 4) is 11.3 Å². The number of halogens is 2. The molecule has 0 aliphatic heterocycles. The van der Waals surface area contributed by atoms with Crippen LogP contribution in [0.4, 0.5) is 14.5 Å². The number of anilines is 1. The maximum absolute atomic E-state index is 13.9. The number of carbonyl (C=O) groups is 1. The number of nitrogens with zero attached hydrogens (tertiary/aromatic N) is 2. The van der Waals surface area contributed by atoms with Crippen LogP contribution in [0, 0.1) is 25.5 Å². The maximum atomic E-state index is 13.9. The Bertz CT molecular complexity index is 1190. The Morgan fingerprint density at radius 2 is 1.79 bits per heavy atom. The number of rotatable bonds is 3. The van der Waals surface area contributed by atoms with E-state index in [2.05, 4.69) is 10.3 Å². The number of hydrogen-bond donors (Lipinski definition) is 1. The molecule has 2 aromatic heterocycles. The predicted molar refractivity (Wildman–Crippen MR) is 104 cm³/mol. The zero-order chi connectivity index (χ0) is 19.8. The molecule has 0 radical (unpaired) electrons. The molecule has 1 amide bonds. The van der Waals surface area contributed by atoms with Crippen LogP contribution in [0.2, 0.25) is 0 Å². The molecule has 140 valence electrons. The Labute approximate surface area is 160 Å². The van der Waals surface area contributed by atoms with Crippen LogP contribution in [0.1, 0.15) is 21.5 Å². The minimum atomic E-state index is -0.901. The van der Waals surface area contributed by atoms with Crippen molar-refractivity contribution in [3.63, 3.8) is 0 Å². The normalized spacial score (nSPS) is 11.0. The summed E-state index contributed by atoms with van der Waals surface area (Å²) in [6, 6.07) is 12.8. The average molecular weight is 377 g/mol. The minimum absolute atomic E-state index is 0.471. The van der Waals surface area contributed by atoms with Gasteiger partial charge >= 0.3 is 0 Å². The zero-order valence-corrected chi connectivity index (χ0v) is 15.3. The standard InChI is InChI=1S/C22H17F2N3O/c1-13-8-9-27-12-19(25-20(27)10-13)15-7-6-14(2)18(11-15)26-22(28)21-16(23)4-3-5-17(21)24/h3-12H,1-2H3,(H,26,28). The highest BCUT2D eigenvalue weighted by atomic mass is 19.1. The van der Waals surface area contributed by atoms with Gasteiger partial charge in [0.15, 0.2) is 0 Å². The quantitative estimate of drug-likeness (QED) is 0.537. The Kier molecular flexibility index (Phi) is 4.39. The number of imidazole rings is 1. The van der Waals surface area contributed by atoms with Gasteiger partial charge in [-0.25, -0.2) is 13.8 Å². The minimum Gasteiger partial charge on any atom is -0.322 e. The average Bonchev–Trinajstić information content (AvgIpc) is 3.06. The maximum Gasteiger partial charge on any atom is 0.261 e. The first-order chi connectivity index (χ1) is 13.4. The number of carbonyl (C=O) groups excluding carboxylic acids is 1. The fourth-order valence-electron chi connectivity index (χ4n) is 3.04. The molecule has 0 atom stereocenters. The van der Waals surface area contributed by atoms with Gasteiger partial charge in [-0.15, -0.1) is 0 Å². The molecule has 1 N–H and O–H groups in total. The molecular formula is C22H17F2N3O. The second-order valence-corrected chi connectivity index (χ2v) is 6.68. The summed E-state index contributed by atoms with van der Waals surface area (Å²) in [4.78, 5) is 17.0. The van der Waals surface area contributed by atoms with Crippen LogP contribution in [-0.2, 0) is 0 Å². The lowest BCUT2D eigenvalue weighted by atomic mass is 10.1. The molecule has 0 unspecified atom stereocenters. The van der Waals surface area contributed by atoms with Gasteiger partial charge in [0.05, 0.1) is 5.69 Å². The van der Waals surface area contributed by atoms with Gasteiger partial charge in [-0.2, -0.15) is 0 Å². The number of nitrogens with one attached hydrogen (secondary N) is 1. The molecule has 4 nitrogen and oxygen atoms in total. The first kappa shape index (κ1) is 17.9. The van der Waals surface area contributed by atoms with Crippen molar-refractivity contribution in [1.82, 2.24) is 9.38 Å². The molecule has 0 aliphatic carbocycles. The van der Waals surface area contributed by atoms with Crippen LogP contribution in [0.3, 0.4) is 0 Å². The van der Waals surface area contributed by atoms with Crippen molar-refractivity contribution in [3.05, 3.63) is 89.2 Å². The number of aromatic nitrogens is 2. The third-order valence-corrected chi connectivity index (χ3v) is 4.59. The Hall–Kier alpha value is -3.54. The highest BCUT2D eigenvalue weighted by Crippen LogP contribution is 2.26. The number of hydrogen-bond acceptors (Lipinski definition) is 2. The number of amides is 1. The molecule has 0 fully saturated rings. The fourth-order valence-corrected chi connectivity index (χ4v) is 3.04. The molecule has 0 saturated carbocycles. The van der Waals surface area contributed by atoms with Crippen molar-refractivity contribution in [2.45, 2.75) is 13.8 Å². The van der Waals surface area contributed by atoms with Crippen LogP contribution in [-0.4, -0.2) is 15.3 Å². The van der Waals surface area contributed by atoms with Crippen LogP contribution in [0.5, 0.6) is 0 Å². The molecule has 2 aromatic carbocycles. The van der Waals surface area contributed by atoms with E-state index in [0.717, 1.165) is 40.2 Å². The Morgan fingerprint density at radius 3 is 2.54 bits per heavy atom. The van der Waals surface area contributed by atoms with E-state index >= 15 is 0 Å². The van der Waals surface area contributed by atoms with Gasteiger partial charge in [-0.3, -0.25) is 4.79 Å². The van der Waals surface area contributed by atoms with E-state index in [9.17, 15) is 13.6 Å². The van der Waals surface area contributed by atoms with Crippen LogP contribution in [0.15, 0.2) is 60.9 Å². The summed E-state index contributed by atoms with van der Waals surface area (Å²) in [6.45, 7) is 3.81. The van der Waals surface area contributed by atoms with E-state index in [-0.39, 0.29) is 0 Å². The Balaban J connectivity index is 1.69. The van der Waals surface area contributed by atoms with E-state index in [1.54, 1.807) is 6.07 Å². The second-order valence-electron chi connectivity index (χ2n) is 6.68. The number of pyridine rings is 1. The van der Waals surface area contributed by atoms with Crippen LogP contribution < -0.4 is 5.32 Å². The smallest absolute Gasteiger partial charge is 0.261 e. The Morgan fingerprint density at radius 1 is 1.04 bits per heavy atom.